The Morgan fingerprint density at radius 2 is 1.73 bits per heavy atom. The fourth-order valence-corrected chi connectivity index (χ4v) is 5.70. The number of hydrazone groups is 1. The van der Waals surface area contributed by atoms with Crippen molar-refractivity contribution >= 4 is 72.5 Å². The van der Waals surface area contributed by atoms with Crippen LogP contribution in [-0.4, -0.2) is 30.2 Å². The second-order valence-corrected chi connectivity index (χ2v) is 10.7. The summed E-state index contributed by atoms with van der Waals surface area (Å²) in [6.45, 7) is 0. The van der Waals surface area contributed by atoms with Gasteiger partial charge in [0.05, 0.1) is 28.4 Å². The number of nitrogens with one attached hydrogen (secondary N) is 2. The molecule has 1 aromatic heterocycles. The number of carbonyl (C=O) groups is 2. The number of amides is 1. The molecular formula is C30H20Br2ClN3O4. The molecule has 0 saturated carbocycles. The summed E-state index contributed by atoms with van der Waals surface area (Å²) < 4.78 is 12.3. The average molecular weight is 682 g/mol. The third-order valence-corrected chi connectivity index (χ3v) is 7.37. The summed E-state index contributed by atoms with van der Waals surface area (Å²) >= 11 is 13.0. The molecule has 0 radical (unpaired) electrons. The van der Waals surface area contributed by atoms with E-state index in [0.29, 0.717) is 26.0 Å². The third kappa shape index (κ3) is 5.82. The summed E-state index contributed by atoms with van der Waals surface area (Å²) in [6, 6.07) is 25.2. The third-order valence-electron chi connectivity index (χ3n) is 5.99. The quantitative estimate of drug-likeness (QED) is 0.0788. The maximum atomic E-state index is 13.4. The number of aromatic amines is 1. The highest BCUT2D eigenvalue weighted by atomic mass is 79.9. The van der Waals surface area contributed by atoms with E-state index in [1.807, 2.05) is 48.5 Å². The van der Waals surface area contributed by atoms with E-state index in [0.717, 1.165) is 22.0 Å². The summed E-state index contributed by atoms with van der Waals surface area (Å²) in [5, 5.41) is 5.28. The molecule has 0 saturated heterocycles. The van der Waals surface area contributed by atoms with Crippen molar-refractivity contribution < 1.29 is 19.1 Å². The largest absolute Gasteiger partial charge is 0.497 e. The number of fused-ring (bicyclic) bond motifs is 1. The van der Waals surface area contributed by atoms with Crippen LogP contribution in [0.2, 0.25) is 5.02 Å². The molecule has 5 rings (SSSR count). The van der Waals surface area contributed by atoms with Gasteiger partial charge in [0.15, 0.2) is 5.75 Å². The van der Waals surface area contributed by atoms with Gasteiger partial charge in [-0.2, -0.15) is 5.10 Å². The first-order chi connectivity index (χ1) is 19.4. The second-order valence-electron chi connectivity index (χ2n) is 8.53. The van der Waals surface area contributed by atoms with Gasteiger partial charge in [-0.05, 0) is 64.0 Å². The Balaban J connectivity index is 1.45. The first kappa shape index (κ1) is 27.6. The summed E-state index contributed by atoms with van der Waals surface area (Å²) in [7, 11) is 1.60. The van der Waals surface area contributed by atoms with Crippen LogP contribution >= 0.6 is 43.5 Å². The Morgan fingerprint density at radius 3 is 2.48 bits per heavy atom. The van der Waals surface area contributed by atoms with Gasteiger partial charge in [-0.3, -0.25) is 4.79 Å². The first-order valence-corrected chi connectivity index (χ1v) is 13.9. The molecule has 0 fully saturated rings. The van der Waals surface area contributed by atoms with Crippen LogP contribution in [0.1, 0.15) is 26.4 Å². The molecule has 200 valence electrons. The standard InChI is InChI=1S/C30H20Br2ClN3O4/c1-39-20-11-12-25-22(15-20)26(17-7-3-2-4-8-17)27(35-25)29(37)36-34-16-18-13-19(31)14-23(32)28(18)40-30(38)21-9-5-6-10-24(21)33/h2-16,35H,1H3,(H,36,37). The van der Waals surface area contributed by atoms with E-state index in [1.54, 1.807) is 43.5 Å². The number of aromatic nitrogens is 1. The number of benzene rings is 4. The van der Waals surface area contributed by atoms with Gasteiger partial charge in [0.2, 0.25) is 0 Å². The molecule has 0 aliphatic rings. The zero-order valence-corrected chi connectivity index (χ0v) is 24.8. The van der Waals surface area contributed by atoms with Crippen LogP contribution in [0.25, 0.3) is 22.0 Å². The van der Waals surface area contributed by atoms with Gasteiger partial charge in [0.25, 0.3) is 5.91 Å². The zero-order valence-electron chi connectivity index (χ0n) is 20.9. The lowest BCUT2D eigenvalue weighted by Gasteiger charge is -2.11. The second kappa shape index (κ2) is 12.1. The number of nitrogens with zero attached hydrogens (tertiary/aromatic N) is 1. The molecule has 0 unspecified atom stereocenters. The smallest absolute Gasteiger partial charge is 0.345 e. The fourth-order valence-electron chi connectivity index (χ4n) is 4.15. The number of carbonyl (C=O) groups excluding carboxylic acids is 2. The van der Waals surface area contributed by atoms with E-state index in [2.05, 4.69) is 47.4 Å². The van der Waals surface area contributed by atoms with Crippen LogP contribution in [0, 0.1) is 0 Å². The zero-order chi connectivity index (χ0) is 28.2. The Morgan fingerprint density at radius 1 is 0.975 bits per heavy atom. The van der Waals surface area contributed by atoms with E-state index < -0.39 is 11.9 Å². The maximum Gasteiger partial charge on any atom is 0.345 e. The molecule has 5 aromatic rings. The Labute approximate surface area is 251 Å². The van der Waals surface area contributed by atoms with Crippen LogP contribution in [0.5, 0.6) is 11.5 Å². The lowest BCUT2D eigenvalue weighted by Crippen LogP contribution is -2.19. The fraction of sp³-hybridized carbons (Fsp3) is 0.0333. The van der Waals surface area contributed by atoms with Crippen molar-refractivity contribution in [2.45, 2.75) is 0 Å². The summed E-state index contributed by atoms with van der Waals surface area (Å²) in [5.41, 5.74) is 5.94. The van der Waals surface area contributed by atoms with Crippen molar-refractivity contribution in [2.75, 3.05) is 7.11 Å². The monoisotopic (exact) mass is 679 g/mol. The van der Waals surface area contributed by atoms with Gasteiger partial charge < -0.3 is 14.5 Å². The van der Waals surface area contributed by atoms with Crippen molar-refractivity contribution in [3.8, 4) is 22.6 Å². The van der Waals surface area contributed by atoms with E-state index >= 15 is 0 Å². The molecule has 10 heteroatoms. The number of hydrogen-bond acceptors (Lipinski definition) is 5. The lowest BCUT2D eigenvalue weighted by atomic mass is 10.0. The first-order valence-electron chi connectivity index (χ1n) is 11.9. The summed E-state index contributed by atoms with van der Waals surface area (Å²) in [6.07, 6.45) is 1.40. The van der Waals surface area contributed by atoms with Crippen LogP contribution in [0.4, 0.5) is 0 Å². The number of ether oxygens (including phenoxy) is 2. The average Bonchev–Trinajstić information content (AvgIpc) is 3.34. The number of halogens is 3. The molecule has 1 amide bonds. The van der Waals surface area contributed by atoms with Crippen LogP contribution in [-0.2, 0) is 0 Å². The van der Waals surface area contributed by atoms with Gasteiger partial charge in [0.1, 0.15) is 11.4 Å². The lowest BCUT2D eigenvalue weighted by molar-refractivity contribution is 0.0733. The molecule has 0 bridgehead atoms. The molecule has 40 heavy (non-hydrogen) atoms. The minimum absolute atomic E-state index is 0.216. The highest BCUT2D eigenvalue weighted by Crippen LogP contribution is 2.35. The van der Waals surface area contributed by atoms with Gasteiger partial charge in [-0.1, -0.05) is 70.0 Å². The molecule has 2 N–H and O–H groups in total. The molecule has 0 aliphatic carbocycles. The summed E-state index contributed by atoms with van der Waals surface area (Å²) in [5.74, 6) is -0.191. The van der Waals surface area contributed by atoms with Crippen molar-refractivity contribution in [3.05, 3.63) is 116 Å². The molecule has 7 nitrogen and oxygen atoms in total. The Kier molecular flexibility index (Phi) is 8.35. The molecule has 0 spiro atoms. The predicted molar refractivity (Wildman–Crippen MR) is 164 cm³/mol. The van der Waals surface area contributed by atoms with Crippen molar-refractivity contribution in [1.29, 1.82) is 0 Å². The number of rotatable bonds is 7. The van der Waals surface area contributed by atoms with E-state index in [4.69, 9.17) is 21.1 Å². The van der Waals surface area contributed by atoms with E-state index in [-0.39, 0.29) is 16.3 Å². The van der Waals surface area contributed by atoms with Crippen LogP contribution < -0.4 is 14.9 Å². The van der Waals surface area contributed by atoms with Crippen molar-refractivity contribution in [2.24, 2.45) is 5.10 Å². The van der Waals surface area contributed by atoms with Crippen LogP contribution in [0.3, 0.4) is 0 Å². The molecule has 1 heterocycles. The number of methoxy groups -OCH3 is 1. The number of H-pyrrole nitrogens is 1. The Bertz CT molecular complexity index is 1770. The highest BCUT2D eigenvalue weighted by Gasteiger charge is 2.20. The summed E-state index contributed by atoms with van der Waals surface area (Å²) in [4.78, 5) is 29.4. The van der Waals surface area contributed by atoms with Crippen molar-refractivity contribution in [1.82, 2.24) is 10.4 Å². The molecule has 0 aliphatic heterocycles. The van der Waals surface area contributed by atoms with Gasteiger partial charge >= 0.3 is 5.97 Å². The molecule has 0 atom stereocenters. The van der Waals surface area contributed by atoms with E-state index in [9.17, 15) is 9.59 Å². The van der Waals surface area contributed by atoms with E-state index in [1.165, 1.54) is 6.21 Å². The minimum Gasteiger partial charge on any atom is -0.497 e. The highest BCUT2D eigenvalue weighted by molar-refractivity contribution is 9.11. The van der Waals surface area contributed by atoms with Gasteiger partial charge in [0, 0.05) is 26.5 Å². The minimum atomic E-state index is -0.631. The predicted octanol–water partition coefficient (Wildman–Crippen LogP) is 8.01. The van der Waals surface area contributed by atoms with Crippen LogP contribution in [0.15, 0.2) is 99.0 Å². The van der Waals surface area contributed by atoms with Crippen molar-refractivity contribution in [3.63, 3.8) is 0 Å². The SMILES string of the molecule is COc1ccc2[nH]c(C(=O)NN=Cc3cc(Br)cc(Br)c3OC(=O)c3ccccc3Cl)c(-c3ccccc3)c2c1. The maximum absolute atomic E-state index is 13.4. The van der Waals surface area contributed by atoms with Gasteiger partial charge in [-0.15, -0.1) is 0 Å². The van der Waals surface area contributed by atoms with Gasteiger partial charge in [-0.25, -0.2) is 10.2 Å². The number of hydrogen-bond donors (Lipinski definition) is 2. The Hall–Kier alpha value is -3.92. The molecular weight excluding hydrogens is 662 g/mol. The topological polar surface area (TPSA) is 92.8 Å². The molecule has 4 aromatic carbocycles. The normalized spacial score (nSPS) is 11.1. The number of esters is 1.